The van der Waals surface area contributed by atoms with Crippen LogP contribution in [0.25, 0.3) is 5.69 Å². The van der Waals surface area contributed by atoms with Crippen molar-refractivity contribution in [1.82, 2.24) is 14.3 Å². The Balaban J connectivity index is 2.60. The molecule has 2 rings (SSSR count). The smallest absolute Gasteiger partial charge is 0.264 e. The summed E-state index contributed by atoms with van der Waals surface area (Å²) < 4.78 is 41.7. The van der Waals surface area contributed by atoms with E-state index >= 15 is 0 Å². The summed E-state index contributed by atoms with van der Waals surface area (Å²) in [7, 11) is -0.119. The fraction of sp³-hybridized carbons (Fsp3) is 0.375. The highest BCUT2D eigenvalue weighted by Gasteiger charge is 2.38. The van der Waals surface area contributed by atoms with Crippen molar-refractivity contribution in [3.8, 4) is 17.2 Å². The molecule has 0 radical (unpaired) electrons. The fourth-order valence-corrected chi connectivity index (χ4v) is 2.85. The van der Waals surface area contributed by atoms with Crippen LogP contribution in [0.3, 0.4) is 0 Å². The van der Waals surface area contributed by atoms with E-state index in [1.807, 2.05) is 0 Å². The van der Waals surface area contributed by atoms with Gasteiger partial charge in [-0.05, 0) is 42.9 Å². The lowest BCUT2D eigenvalue weighted by molar-refractivity contribution is -0.146. The number of nitrogens with zero attached hydrogens (tertiary/aromatic N) is 3. The maximum absolute atomic E-state index is 13.2. The molecule has 0 saturated carbocycles. The van der Waals surface area contributed by atoms with Crippen molar-refractivity contribution < 1.29 is 13.2 Å². The number of halogens is 3. The molecule has 0 aliphatic heterocycles. The van der Waals surface area contributed by atoms with Crippen molar-refractivity contribution in [3.05, 3.63) is 39.9 Å². The fourth-order valence-electron chi connectivity index (χ4n) is 2.11. The molecular formula is C16H18F3N3SSi. The zero-order valence-corrected chi connectivity index (χ0v) is 15.9. The van der Waals surface area contributed by atoms with Gasteiger partial charge in [-0.1, -0.05) is 25.6 Å². The molecule has 0 bridgehead atoms. The van der Waals surface area contributed by atoms with Gasteiger partial charge in [0.1, 0.15) is 8.07 Å². The summed E-state index contributed by atoms with van der Waals surface area (Å²) in [6.07, 6.45) is -4.59. The number of hydrogen-bond acceptors (Lipinski definition) is 2. The Bertz CT molecular complexity index is 892. The predicted molar refractivity (Wildman–Crippen MR) is 93.3 cm³/mol. The first kappa shape index (κ1) is 18.5. The minimum Gasteiger partial charge on any atom is -0.264 e. The number of hydrogen-bond donors (Lipinski definition) is 0. The van der Waals surface area contributed by atoms with Gasteiger partial charge in [-0.2, -0.15) is 13.2 Å². The second-order valence-corrected chi connectivity index (χ2v) is 11.7. The van der Waals surface area contributed by atoms with Crippen molar-refractivity contribution >= 4 is 20.3 Å². The number of aromatic nitrogens is 3. The van der Waals surface area contributed by atoms with Gasteiger partial charge >= 0.3 is 6.18 Å². The standard InChI is InChI=1S/C16H18F3N3SSi/c1-11-10-12(8-9-24(3,4)5)6-7-13(11)22-14(16(17,18)19)20-21(2)15(22)23/h6-7,10H,1-5H3. The van der Waals surface area contributed by atoms with Gasteiger partial charge in [0.25, 0.3) is 0 Å². The molecule has 128 valence electrons. The van der Waals surface area contributed by atoms with Gasteiger partial charge in [0.2, 0.25) is 10.6 Å². The molecule has 1 heterocycles. The zero-order chi connectivity index (χ0) is 18.3. The van der Waals surface area contributed by atoms with E-state index in [0.29, 0.717) is 11.3 Å². The lowest BCUT2D eigenvalue weighted by atomic mass is 10.1. The van der Waals surface area contributed by atoms with E-state index in [1.54, 1.807) is 25.1 Å². The minimum atomic E-state index is -4.59. The molecule has 0 fully saturated rings. The third kappa shape index (κ3) is 3.97. The van der Waals surface area contributed by atoms with Gasteiger partial charge in [0, 0.05) is 12.6 Å². The van der Waals surface area contributed by atoms with Crippen LogP contribution in [0.1, 0.15) is 17.0 Å². The number of benzene rings is 1. The van der Waals surface area contributed by atoms with Crippen LogP contribution in [0, 0.1) is 23.2 Å². The Morgan fingerprint density at radius 2 is 1.83 bits per heavy atom. The largest absolute Gasteiger partial charge is 0.452 e. The first-order valence-electron chi connectivity index (χ1n) is 7.27. The molecule has 0 unspecified atom stereocenters. The Labute approximate surface area is 145 Å². The van der Waals surface area contributed by atoms with Crippen molar-refractivity contribution in [2.75, 3.05) is 0 Å². The quantitative estimate of drug-likeness (QED) is 0.420. The van der Waals surface area contributed by atoms with E-state index in [9.17, 15) is 13.2 Å². The molecule has 1 aromatic heterocycles. The monoisotopic (exact) mass is 369 g/mol. The van der Waals surface area contributed by atoms with E-state index in [0.717, 1.165) is 14.8 Å². The molecule has 0 amide bonds. The Hall–Kier alpha value is -1.85. The lowest BCUT2D eigenvalue weighted by Crippen LogP contribution is -2.16. The van der Waals surface area contributed by atoms with Crippen molar-refractivity contribution in [2.24, 2.45) is 7.05 Å². The van der Waals surface area contributed by atoms with Crippen molar-refractivity contribution in [1.29, 1.82) is 0 Å². The van der Waals surface area contributed by atoms with Crippen LogP contribution in [-0.4, -0.2) is 22.4 Å². The normalized spacial score (nSPS) is 12.0. The van der Waals surface area contributed by atoms with Crippen LogP contribution in [0.4, 0.5) is 13.2 Å². The number of alkyl halides is 3. The van der Waals surface area contributed by atoms with Crippen LogP contribution in [-0.2, 0) is 13.2 Å². The van der Waals surface area contributed by atoms with Crippen LogP contribution in [0.5, 0.6) is 0 Å². The maximum atomic E-state index is 13.2. The first-order chi connectivity index (χ1) is 10.9. The third-order valence-electron chi connectivity index (χ3n) is 3.20. The Kier molecular flexibility index (Phi) is 4.79. The number of aryl methyl sites for hydroxylation is 2. The summed E-state index contributed by atoms with van der Waals surface area (Å²) in [5, 5.41) is 3.52. The van der Waals surface area contributed by atoms with Crippen molar-refractivity contribution in [2.45, 2.75) is 32.7 Å². The minimum absolute atomic E-state index is 0.00800. The highest BCUT2D eigenvalue weighted by atomic mass is 32.1. The highest BCUT2D eigenvalue weighted by molar-refractivity contribution is 7.71. The van der Waals surface area contributed by atoms with E-state index in [-0.39, 0.29) is 4.77 Å². The summed E-state index contributed by atoms with van der Waals surface area (Å²) in [6.45, 7) is 8.13. The lowest BCUT2D eigenvalue weighted by Gasteiger charge is -2.12. The first-order valence-corrected chi connectivity index (χ1v) is 11.2. The molecule has 0 spiro atoms. The van der Waals surface area contributed by atoms with Gasteiger partial charge in [-0.3, -0.25) is 4.57 Å². The molecule has 2 aromatic rings. The maximum Gasteiger partial charge on any atom is 0.452 e. The summed E-state index contributed by atoms with van der Waals surface area (Å²) in [5.41, 5.74) is 5.04. The summed E-state index contributed by atoms with van der Waals surface area (Å²) in [6, 6.07) is 5.10. The molecule has 0 atom stereocenters. The van der Waals surface area contributed by atoms with Crippen LogP contribution < -0.4 is 0 Å². The Morgan fingerprint density at radius 1 is 1.21 bits per heavy atom. The molecule has 24 heavy (non-hydrogen) atoms. The third-order valence-corrected chi connectivity index (χ3v) is 4.52. The SMILES string of the molecule is Cc1cc(C#C[Si](C)(C)C)ccc1-n1c(C(F)(F)F)nn(C)c1=S. The molecular weight excluding hydrogens is 351 g/mol. The van der Waals surface area contributed by atoms with Crippen molar-refractivity contribution in [3.63, 3.8) is 0 Å². The van der Waals surface area contributed by atoms with E-state index < -0.39 is 20.1 Å². The van der Waals surface area contributed by atoms with Gasteiger partial charge < -0.3 is 0 Å². The summed E-state index contributed by atoms with van der Waals surface area (Å²) in [4.78, 5) is 0. The number of rotatable bonds is 1. The summed E-state index contributed by atoms with van der Waals surface area (Å²) in [5.74, 6) is 2.07. The van der Waals surface area contributed by atoms with E-state index in [4.69, 9.17) is 12.2 Å². The summed E-state index contributed by atoms with van der Waals surface area (Å²) >= 11 is 5.10. The van der Waals surface area contributed by atoms with Crippen LogP contribution >= 0.6 is 12.2 Å². The molecule has 0 N–H and O–H groups in total. The molecule has 0 saturated heterocycles. The van der Waals surface area contributed by atoms with Gasteiger partial charge in [0.15, 0.2) is 0 Å². The molecule has 0 aliphatic carbocycles. The second-order valence-electron chi connectivity index (χ2n) is 6.56. The average Bonchev–Trinajstić information content (AvgIpc) is 2.72. The van der Waals surface area contributed by atoms with Gasteiger partial charge in [-0.25, -0.2) is 4.68 Å². The van der Waals surface area contributed by atoms with E-state index in [1.165, 1.54) is 7.05 Å². The molecule has 1 aromatic carbocycles. The van der Waals surface area contributed by atoms with Crippen LogP contribution in [0.2, 0.25) is 19.6 Å². The van der Waals surface area contributed by atoms with Gasteiger partial charge in [-0.15, -0.1) is 10.6 Å². The van der Waals surface area contributed by atoms with Crippen LogP contribution in [0.15, 0.2) is 18.2 Å². The Morgan fingerprint density at radius 3 is 2.33 bits per heavy atom. The topological polar surface area (TPSA) is 22.8 Å². The van der Waals surface area contributed by atoms with Gasteiger partial charge in [0.05, 0.1) is 5.69 Å². The zero-order valence-electron chi connectivity index (χ0n) is 14.1. The molecule has 8 heteroatoms. The highest BCUT2D eigenvalue weighted by Crippen LogP contribution is 2.31. The average molecular weight is 369 g/mol. The molecule has 3 nitrogen and oxygen atoms in total. The predicted octanol–water partition coefficient (Wildman–Crippen LogP) is 4.50. The molecule has 0 aliphatic rings. The van der Waals surface area contributed by atoms with E-state index in [2.05, 4.69) is 36.2 Å². The second kappa shape index (κ2) is 6.22.